The number of carbonyl (C=O) groups excluding carboxylic acids is 1. The smallest absolute Gasteiger partial charge is 0.414 e. The van der Waals surface area contributed by atoms with Crippen molar-refractivity contribution in [3.8, 4) is 5.88 Å². The van der Waals surface area contributed by atoms with Gasteiger partial charge in [0.25, 0.3) is 0 Å². The van der Waals surface area contributed by atoms with Gasteiger partial charge in [0.2, 0.25) is 5.88 Å². The van der Waals surface area contributed by atoms with Crippen LogP contribution in [0.3, 0.4) is 0 Å². The van der Waals surface area contributed by atoms with E-state index in [1.165, 1.54) is 43.6 Å². The van der Waals surface area contributed by atoms with Crippen LogP contribution in [-0.4, -0.2) is 42.1 Å². The van der Waals surface area contributed by atoms with Crippen LogP contribution in [0.1, 0.15) is 17.0 Å². The van der Waals surface area contributed by atoms with Gasteiger partial charge >= 0.3 is 12.1 Å². The minimum absolute atomic E-state index is 0.0111. The molecule has 1 aromatic heterocycles. The van der Waals surface area contributed by atoms with E-state index in [0.29, 0.717) is 5.56 Å². The number of benzene rings is 1. The second kappa shape index (κ2) is 9.45. The predicted octanol–water partition coefficient (Wildman–Crippen LogP) is 4.19. The van der Waals surface area contributed by atoms with Crippen molar-refractivity contribution >= 4 is 29.2 Å². The Morgan fingerprint density at radius 3 is 2.57 bits per heavy atom. The lowest BCUT2D eigenvalue weighted by Crippen LogP contribution is -2.35. The molecule has 0 fully saturated rings. The number of aliphatic hydroxyl groups excluding tert-OH is 1. The number of methoxy groups -OCH3 is 1. The highest BCUT2D eigenvalue weighted by molar-refractivity contribution is 6.35. The lowest BCUT2D eigenvalue weighted by atomic mass is 9.87. The summed E-state index contributed by atoms with van der Waals surface area (Å²) in [5.74, 6) is -1.99. The predicted molar refractivity (Wildman–Crippen MR) is 96.7 cm³/mol. The Balaban J connectivity index is 2.31. The van der Waals surface area contributed by atoms with Gasteiger partial charge < -0.3 is 14.6 Å². The summed E-state index contributed by atoms with van der Waals surface area (Å²) >= 11 is 11.9. The summed E-state index contributed by atoms with van der Waals surface area (Å²) in [5, 5.41) is 10.2. The number of hydrogen-bond donors (Lipinski definition) is 1. The first-order valence-electron chi connectivity index (χ1n) is 7.96. The van der Waals surface area contributed by atoms with Gasteiger partial charge in [0, 0.05) is 28.2 Å². The summed E-state index contributed by atoms with van der Waals surface area (Å²) in [4.78, 5) is 15.0. The van der Waals surface area contributed by atoms with Crippen molar-refractivity contribution in [3.63, 3.8) is 0 Å². The van der Waals surface area contributed by atoms with Crippen LogP contribution in [-0.2, 0) is 16.0 Å². The minimum atomic E-state index is -4.86. The number of ether oxygens (including phenoxy) is 2. The first-order chi connectivity index (χ1) is 13.1. The molecule has 28 heavy (non-hydrogen) atoms. The van der Waals surface area contributed by atoms with Crippen LogP contribution in [0.25, 0.3) is 0 Å². The van der Waals surface area contributed by atoms with E-state index in [1.807, 2.05) is 0 Å². The SMILES string of the molecule is COC(=O)COc1cc(CC(c2ccc(Cl)cc2Cl)C(O)C(F)(F)F)ccn1. The number of hydrogen-bond acceptors (Lipinski definition) is 5. The number of rotatable bonds is 7. The lowest BCUT2D eigenvalue weighted by molar-refractivity contribution is -0.210. The molecule has 0 saturated carbocycles. The largest absolute Gasteiger partial charge is 0.466 e. The average Bonchev–Trinajstić information content (AvgIpc) is 2.63. The van der Waals surface area contributed by atoms with Crippen LogP contribution in [0, 0.1) is 0 Å². The van der Waals surface area contributed by atoms with Crippen LogP contribution in [0.2, 0.25) is 10.0 Å². The number of pyridine rings is 1. The maximum absolute atomic E-state index is 13.2. The van der Waals surface area contributed by atoms with Gasteiger partial charge in [-0.1, -0.05) is 29.3 Å². The topological polar surface area (TPSA) is 68.7 Å². The van der Waals surface area contributed by atoms with Crippen molar-refractivity contribution in [2.24, 2.45) is 0 Å². The van der Waals surface area contributed by atoms with Crippen molar-refractivity contribution in [1.82, 2.24) is 4.98 Å². The number of aromatic nitrogens is 1. The van der Waals surface area contributed by atoms with E-state index in [1.54, 1.807) is 0 Å². The third-order valence-corrected chi connectivity index (χ3v) is 4.46. The van der Waals surface area contributed by atoms with E-state index in [4.69, 9.17) is 27.9 Å². The Kier molecular flexibility index (Phi) is 7.51. The van der Waals surface area contributed by atoms with E-state index in [-0.39, 0.29) is 27.9 Å². The molecule has 2 atom stereocenters. The highest BCUT2D eigenvalue weighted by Crippen LogP contribution is 2.38. The molecular weight excluding hydrogens is 422 g/mol. The van der Waals surface area contributed by atoms with Gasteiger partial charge in [0.15, 0.2) is 12.7 Å². The monoisotopic (exact) mass is 437 g/mol. The van der Waals surface area contributed by atoms with Crippen molar-refractivity contribution in [2.75, 3.05) is 13.7 Å². The summed E-state index contributed by atoms with van der Waals surface area (Å²) in [6.45, 7) is -0.398. The first kappa shape index (κ1) is 22.3. The number of halogens is 5. The standard InChI is InChI=1S/C18H16Cl2F3NO4/c1-27-16(25)9-28-15-7-10(4-5-24-15)6-13(17(26)18(21,22)23)12-3-2-11(19)8-14(12)20/h2-5,7-8,13,17,26H,6,9H2,1H3. The highest BCUT2D eigenvalue weighted by atomic mass is 35.5. The quantitative estimate of drug-likeness (QED) is 0.657. The second-order valence-corrected chi connectivity index (χ2v) is 6.67. The van der Waals surface area contributed by atoms with Gasteiger partial charge in [0.1, 0.15) is 0 Å². The second-order valence-electron chi connectivity index (χ2n) is 5.83. The van der Waals surface area contributed by atoms with E-state index in [0.717, 1.165) is 0 Å². The molecule has 1 N–H and O–H groups in total. The zero-order chi connectivity index (χ0) is 20.9. The molecule has 2 unspecified atom stereocenters. The molecule has 0 saturated heterocycles. The van der Waals surface area contributed by atoms with Crippen LogP contribution in [0.5, 0.6) is 5.88 Å². The summed E-state index contributed by atoms with van der Waals surface area (Å²) in [6, 6.07) is 6.91. The Hall–Kier alpha value is -2.03. The third-order valence-electron chi connectivity index (χ3n) is 3.90. The summed E-state index contributed by atoms with van der Waals surface area (Å²) in [7, 11) is 1.19. The van der Waals surface area contributed by atoms with Crippen molar-refractivity contribution in [1.29, 1.82) is 0 Å². The van der Waals surface area contributed by atoms with Crippen LogP contribution in [0.4, 0.5) is 13.2 Å². The number of esters is 1. The minimum Gasteiger partial charge on any atom is -0.466 e. The van der Waals surface area contributed by atoms with E-state index >= 15 is 0 Å². The molecule has 2 aromatic rings. The van der Waals surface area contributed by atoms with E-state index in [9.17, 15) is 23.1 Å². The van der Waals surface area contributed by atoms with Gasteiger partial charge in [-0.05, 0) is 35.7 Å². The van der Waals surface area contributed by atoms with E-state index < -0.39 is 30.8 Å². The average molecular weight is 438 g/mol. The normalized spacial score (nSPS) is 13.7. The summed E-state index contributed by atoms with van der Waals surface area (Å²) in [5.41, 5.74) is 0.499. The molecule has 0 radical (unpaired) electrons. The van der Waals surface area contributed by atoms with Crippen molar-refractivity contribution in [3.05, 3.63) is 57.7 Å². The molecule has 152 valence electrons. The van der Waals surface area contributed by atoms with Crippen LogP contribution in [0.15, 0.2) is 36.5 Å². The fourth-order valence-corrected chi connectivity index (χ4v) is 3.07. The maximum Gasteiger partial charge on any atom is 0.414 e. The summed E-state index contributed by atoms with van der Waals surface area (Å²) < 4.78 is 49.2. The third kappa shape index (κ3) is 5.98. The Morgan fingerprint density at radius 2 is 1.96 bits per heavy atom. The number of nitrogens with zero attached hydrogens (tertiary/aromatic N) is 1. The van der Waals surface area contributed by atoms with Gasteiger partial charge in [-0.25, -0.2) is 9.78 Å². The number of alkyl halides is 3. The molecule has 5 nitrogen and oxygen atoms in total. The van der Waals surface area contributed by atoms with Crippen molar-refractivity contribution < 1.29 is 32.5 Å². The van der Waals surface area contributed by atoms with Gasteiger partial charge in [0.05, 0.1) is 7.11 Å². The molecule has 10 heteroatoms. The van der Waals surface area contributed by atoms with E-state index in [2.05, 4.69) is 9.72 Å². The number of carbonyl (C=O) groups is 1. The van der Waals surface area contributed by atoms with Gasteiger partial charge in [-0.15, -0.1) is 0 Å². The molecule has 0 amide bonds. The van der Waals surface area contributed by atoms with Crippen molar-refractivity contribution in [2.45, 2.75) is 24.6 Å². The zero-order valence-electron chi connectivity index (χ0n) is 14.5. The van der Waals surface area contributed by atoms with Crippen LogP contribution >= 0.6 is 23.2 Å². The molecular formula is C18H16Cl2F3NO4. The fraction of sp³-hybridized carbons (Fsp3) is 0.333. The van der Waals surface area contributed by atoms with Crippen LogP contribution < -0.4 is 4.74 Å². The molecule has 0 aliphatic carbocycles. The van der Waals surface area contributed by atoms with Gasteiger partial charge in [-0.2, -0.15) is 13.2 Å². The van der Waals surface area contributed by atoms with Gasteiger partial charge in [-0.3, -0.25) is 0 Å². The zero-order valence-corrected chi connectivity index (χ0v) is 16.1. The molecule has 0 aliphatic heterocycles. The Bertz CT molecular complexity index is 833. The lowest BCUT2D eigenvalue weighted by Gasteiger charge is -2.26. The Labute approximate surface area is 169 Å². The Morgan fingerprint density at radius 1 is 1.25 bits per heavy atom. The fourth-order valence-electron chi connectivity index (χ4n) is 2.52. The summed E-state index contributed by atoms with van der Waals surface area (Å²) in [6.07, 6.45) is -6.40. The molecule has 2 rings (SSSR count). The molecule has 0 bridgehead atoms. The highest BCUT2D eigenvalue weighted by Gasteiger charge is 2.44. The molecule has 0 aliphatic rings. The number of aliphatic hydroxyl groups is 1. The molecule has 0 spiro atoms. The molecule has 1 heterocycles. The molecule has 1 aromatic carbocycles. The maximum atomic E-state index is 13.2. The first-order valence-corrected chi connectivity index (χ1v) is 8.71.